The minimum Gasteiger partial charge on any atom is -0.339 e. The van der Waals surface area contributed by atoms with Crippen molar-refractivity contribution < 1.29 is 18.0 Å². The molecule has 2 atom stereocenters. The number of hydrogen-bond donors (Lipinski definition) is 0. The van der Waals surface area contributed by atoms with Crippen molar-refractivity contribution in [2.45, 2.75) is 32.4 Å². The summed E-state index contributed by atoms with van der Waals surface area (Å²) < 4.78 is 23.5. The van der Waals surface area contributed by atoms with Gasteiger partial charge in [0.1, 0.15) is 0 Å². The Labute approximate surface area is 159 Å². The lowest BCUT2D eigenvalue weighted by atomic mass is 10.1. The Morgan fingerprint density at radius 3 is 2.58 bits per heavy atom. The predicted molar refractivity (Wildman–Crippen MR) is 99.4 cm³/mol. The fourth-order valence-electron chi connectivity index (χ4n) is 3.75. The van der Waals surface area contributed by atoms with Crippen molar-refractivity contribution in [1.29, 1.82) is 0 Å². The van der Waals surface area contributed by atoms with Crippen LogP contribution >= 0.6 is 11.6 Å². The summed E-state index contributed by atoms with van der Waals surface area (Å²) in [6.07, 6.45) is 0.666. The number of rotatable bonds is 5. The van der Waals surface area contributed by atoms with Crippen molar-refractivity contribution in [1.82, 2.24) is 9.80 Å². The molecular formula is C18H23ClN2O4S. The van der Waals surface area contributed by atoms with Crippen molar-refractivity contribution in [3.63, 3.8) is 0 Å². The standard InChI is InChI=1S/C18H23ClN2O4S/c1-2-21(16-7-8-26(24,25)12-16)18(23)14-9-17(22)20(11-14)10-13-3-5-15(19)6-4-13/h3-6,14,16H,2,7-12H2,1H3. The van der Waals surface area contributed by atoms with Crippen molar-refractivity contribution in [3.05, 3.63) is 34.9 Å². The molecule has 142 valence electrons. The van der Waals surface area contributed by atoms with Crippen LogP contribution in [0.3, 0.4) is 0 Å². The molecule has 0 spiro atoms. The Bertz CT molecular complexity index is 794. The Kier molecular flexibility index (Phi) is 5.58. The van der Waals surface area contributed by atoms with Crippen LogP contribution in [0.25, 0.3) is 0 Å². The normalized spacial score (nSPS) is 24.8. The zero-order valence-corrected chi connectivity index (χ0v) is 16.3. The van der Waals surface area contributed by atoms with Crippen molar-refractivity contribution in [2.75, 3.05) is 24.6 Å². The highest BCUT2D eigenvalue weighted by Crippen LogP contribution is 2.26. The van der Waals surface area contributed by atoms with Gasteiger partial charge in [-0.3, -0.25) is 9.59 Å². The third-order valence-corrected chi connectivity index (χ3v) is 7.13. The number of nitrogens with zero attached hydrogens (tertiary/aromatic N) is 2. The van der Waals surface area contributed by atoms with E-state index >= 15 is 0 Å². The molecule has 0 radical (unpaired) electrons. The topological polar surface area (TPSA) is 74.8 Å². The quantitative estimate of drug-likeness (QED) is 0.756. The van der Waals surface area contributed by atoms with Gasteiger partial charge in [-0.1, -0.05) is 23.7 Å². The fourth-order valence-corrected chi connectivity index (χ4v) is 5.61. The monoisotopic (exact) mass is 398 g/mol. The minimum absolute atomic E-state index is 0.0295. The van der Waals surface area contributed by atoms with Gasteiger partial charge in [-0.05, 0) is 31.0 Å². The highest BCUT2D eigenvalue weighted by Gasteiger charge is 2.40. The van der Waals surface area contributed by atoms with Gasteiger partial charge >= 0.3 is 0 Å². The van der Waals surface area contributed by atoms with E-state index in [2.05, 4.69) is 0 Å². The van der Waals surface area contributed by atoms with Gasteiger partial charge < -0.3 is 9.80 Å². The van der Waals surface area contributed by atoms with Gasteiger partial charge in [0.15, 0.2) is 9.84 Å². The molecule has 2 aliphatic rings. The highest BCUT2D eigenvalue weighted by molar-refractivity contribution is 7.91. The number of amides is 2. The molecule has 2 amide bonds. The summed E-state index contributed by atoms with van der Waals surface area (Å²) in [4.78, 5) is 28.6. The van der Waals surface area contributed by atoms with Gasteiger partial charge in [0.2, 0.25) is 11.8 Å². The first-order valence-electron chi connectivity index (χ1n) is 8.82. The molecule has 2 fully saturated rings. The molecule has 0 aliphatic carbocycles. The Morgan fingerprint density at radius 2 is 2.00 bits per heavy atom. The molecule has 3 rings (SSSR count). The summed E-state index contributed by atoms with van der Waals surface area (Å²) in [6, 6.07) is 7.02. The summed E-state index contributed by atoms with van der Waals surface area (Å²) in [5.74, 6) is -0.400. The van der Waals surface area contributed by atoms with E-state index in [0.29, 0.717) is 31.1 Å². The second-order valence-electron chi connectivity index (χ2n) is 6.98. The first kappa shape index (κ1) is 19.2. The molecule has 1 aromatic carbocycles. The molecule has 2 saturated heterocycles. The number of carbonyl (C=O) groups excluding carboxylic acids is 2. The first-order valence-corrected chi connectivity index (χ1v) is 11.0. The number of hydrogen-bond acceptors (Lipinski definition) is 4. The fraction of sp³-hybridized carbons (Fsp3) is 0.556. The number of likely N-dealkylation sites (tertiary alicyclic amines) is 1. The van der Waals surface area contributed by atoms with Gasteiger partial charge in [-0.15, -0.1) is 0 Å². The van der Waals surface area contributed by atoms with Crippen LogP contribution in [0.1, 0.15) is 25.3 Å². The van der Waals surface area contributed by atoms with E-state index in [1.807, 2.05) is 19.1 Å². The molecule has 0 N–H and O–H groups in total. The average Bonchev–Trinajstić information content (AvgIpc) is 3.13. The third kappa shape index (κ3) is 4.20. The number of carbonyl (C=O) groups is 2. The van der Waals surface area contributed by atoms with Crippen LogP contribution in [0.5, 0.6) is 0 Å². The summed E-state index contributed by atoms with van der Waals surface area (Å²) in [5, 5.41) is 0.639. The number of halogens is 1. The van der Waals surface area contributed by atoms with Crippen LogP contribution in [0.4, 0.5) is 0 Å². The van der Waals surface area contributed by atoms with E-state index in [-0.39, 0.29) is 35.8 Å². The van der Waals surface area contributed by atoms with Gasteiger partial charge in [0.05, 0.1) is 17.4 Å². The smallest absolute Gasteiger partial charge is 0.228 e. The molecule has 0 bridgehead atoms. The van der Waals surface area contributed by atoms with E-state index in [1.54, 1.807) is 21.9 Å². The van der Waals surface area contributed by atoms with E-state index in [1.165, 1.54) is 0 Å². The Hall–Kier alpha value is -1.60. The molecule has 2 heterocycles. The molecule has 1 aromatic rings. The summed E-state index contributed by atoms with van der Waals surface area (Å²) in [6.45, 7) is 3.13. The van der Waals surface area contributed by atoms with E-state index in [4.69, 9.17) is 11.6 Å². The van der Waals surface area contributed by atoms with Gasteiger partial charge in [-0.2, -0.15) is 0 Å². The zero-order valence-electron chi connectivity index (χ0n) is 14.7. The van der Waals surface area contributed by atoms with Crippen LogP contribution in [0.15, 0.2) is 24.3 Å². The molecule has 0 aromatic heterocycles. The minimum atomic E-state index is -3.06. The van der Waals surface area contributed by atoms with Crippen molar-refractivity contribution in [2.24, 2.45) is 5.92 Å². The Morgan fingerprint density at radius 1 is 1.31 bits per heavy atom. The highest BCUT2D eigenvalue weighted by atomic mass is 35.5. The molecule has 2 unspecified atom stereocenters. The van der Waals surface area contributed by atoms with Gasteiger partial charge in [-0.25, -0.2) is 8.42 Å². The van der Waals surface area contributed by atoms with Crippen LogP contribution in [-0.4, -0.2) is 60.7 Å². The van der Waals surface area contributed by atoms with E-state index in [9.17, 15) is 18.0 Å². The maximum atomic E-state index is 12.9. The lowest BCUT2D eigenvalue weighted by Gasteiger charge is -2.29. The van der Waals surface area contributed by atoms with Gasteiger partial charge in [0.25, 0.3) is 0 Å². The molecular weight excluding hydrogens is 376 g/mol. The molecule has 6 nitrogen and oxygen atoms in total. The van der Waals surface area contributed by atoms with Crippen LogP contribution in [0, 0.1) is 5.92 Å². The average molecular weight is 399 g/mol. The SMILES string of the molecule is CCN(C(=O)C1CC(=O)N(Cc2ccc(Cl)cc2)C1)C1CCS(=O)(=O)C1. The van der Waals surface area contributed by atoms with Crippen LogP contribution in [0.2, 0.25) is 5.02 Å². The van der Waals surface area contributed by atoms with Crippen molar-refractivity contribution >= 4 is 33.3 Å². The summed E-state index contributed by atoms with van der Waals surface area (Å²) in [5.41, 5.74) is 0.963. The zero-order chi connectivity index (χ0) is 18.9. The maximum Gasteiger partial charge on any atom is 0.228 e. The third-order valence-electron chi connectivity index (χ3n) is 5.12. The lowest BCUT2D eigenvalue weighted by molar-refractivity contribution is -0.137. The van der Waals surface area contributed by atoms with Crippen LogP contribution in [-0.2, 0) is 26.0 Å². The predicted octanol–water partition coefficient (Wildman–Crippen LogP) is 1.72. The maximum absolute atomic E-state index is 12.9. The molecule has 2 aliphatic heterocycles. The number of benzene rings is 1. The second-order valence-corrected chi connectivity index (χ2v) is 9.65. The van der Waals surface area contributed by atoms with Crippen LogP contribution < -0.4 is 0 Å². The molecule has 26 heavy (non-hydrogen) atoms. The number of sulfone groups is 1. The molecule has 0 saturated carbocycles. The first-order chi connectivity index (χ1) is 12.3. The van der Waals surface area contributed by atoms with Gasteiger partial charge in [0, 0.05) is 37.1 Å². The molecule has 8 heteroatoms. The largest absolute Gasteiger partial charge is 0.339 e. The Balaban J connectivity index is 1.65. The van der Waals surface area contributed by atoms with E-state index < -0.39 is 15.8 Å². The summed E-state index contributed by atoms with van der Waals surface area (Å²) in [7, 11) is -3.06. The summed E-state index contributed by atoms with van der Waals surface area (Å²) >= 11 is 5.88. The second kappa shape index (κ2) is 7.56. The van der Waals surface area contributed by atoms with Crippen molar-refractivity contribution in [3.8, 4) is 0 Å². The van der Waals surface area contributed by atoms with E-state index in [0.717, 1.165) is 5.56 Å². The lowest BCUT2D eigenvalue weighted by Crippen LogP contribution is -2.44.